The van der Waals surface area contributed by atoms with Crippen LogP contribution >= 0.6 is 0 Å². The smallest absolute Gasteiger partial charge is 0.211 e. The molecule has 0 bridgehead atoms. The number of nitriles is 1. The number of aryl methyl sites for hydroxylation is 1. The lowest BCUT2D eigenvalue weighted by atomic mass is 10.2. The number of aromatic nitrogens is 1. The van der Waals surface area contributed by atoms with Crippen LogP contribution in [0.2, 0.25) is 0 Å². The Morgan fingerprint density at radius 3 is 2.70 bits per heavy atom. The largest absolute Gasteiger partial charge is 0.370 e. The van der Waals surface area contributed by atoms with Crippen molar-refractivity contribution < 1.29 is 8.42 Å². The van der Waals surface area contributed by atoms with Gasteiger partial charge >= 0.3 is 0 Å². The number of rotatable bonds is 7. The lowest BCUT2D eigenvalue weighted by Gasteiger charge is -2.17. The van der Waals surface area contributed by atoms with Gasteiger partial charge in [-0.2, -0.15) is 5.26 Å². The molecule has 0 fully saturated rings. The summed E-state index contributed by atoms with van der Waals surface area (Å²) in [5, 5.41) is 12.0. The Morgan fingerprint density at radius 2 is 2.15 bits per heavy atom. The maximum Gasteiger partial charge on any atom is 0.211 e. The Bertz CT molecular complexity index is 593. The van der Waals surface area contributed by atoms with Crippen molar-refractivity contribution in [2.75, 3.05) is 31.2 Å². The Hall–Kier alpha value is -1.65. The van der Waals surface area contributed by atoms with Gasteiger partial charge in [-0.25, -0.2) is 17.7 Å². The predicted molar refractivity (Wildman–Crippen MR) is 78.9 cm³/mol. The molecule has 0 aromatic carbocycles. The van der Waals surface area contributed by atoms with E-state index in [0.717, 1.165) is 5.69 Å². The molecule has 0 aliphatic rings. The van der Waals surface area contributed by atoms with Crippen LogP contribution in [0.5, 0.6) is 0 Å². The summed E-state index contributed by atoms with van der Waals surface area (Å²) in [6.07, 6.45) is 1.89. The summed E-state index contributed by atoms with van der Waals surface area (Å²) in [7, 11) is -3.13. The normalized spacial score (nSPS) is 11.3. The summed E-state index contributed by atoms with van der Waals surface area (Å²) in [4.78, 5) is 4.27. The lowest BCUT2D eigenvalue weighted by Crippen LogP contribution is -2.31. The first kappa shape index (κ1) is 16.4. The van der Waals surface area contributed by atoms with E-state index in [9.17, 15) is 8.42 Å². The van der Waals surface area contributed by atoms with Gasteiger partial charge in [0.25, 0.3) is 0 Å². The van der Waals surface area contributed by atoms with Gasteiger partial charge in [0.1, 0.15) is 5.82 Å². The standard InChI is InChI=1S/C13H20N4O2S/c1-4-17(20(3,18)19)7-5-6-15-13-9-12(10-14)8-11(2)16-13/h8-9H,4-7H2,1-3H3,(H,15,16). The Kier molecular flexibility index (Phi) is 5.92. The van der Waals surface area contributed by atoms with Crippen LogP contribution in [0.25, 0.3) is 0 Å². The van der Waals surface area contributed by atoms with E-state index in [1.54, 1.807) is 12.1 Å². The highest BCUT2D eigenvalue weighted by Crippen LogP contribution is 2.09. The molecule has 0 spiro atoms. The van der Waals surface area contributed by atoms with E-state index in [1.807, 2.05) is 13.8 Å². The highest BCUT2D eigenvalue weighted by atomic mass is 32.2. The van der Waals surface area contributed by atoms with Gasteiger partial charge in [-0.3, -0.25) is 0 Å². The molecule has 1 aromatic heterocycles. The monoisotopic (exact) mass is 296 g/mol. The van der Waals surface area contributed by atoms with Gasteiger partial charge in [0.05, 0.1) is 17.9 Å². The molecular formula is C13H20N4O2S. The molecule has 0 unspecified atom stereocenters. The predicted octanol–water partition coefficient (Wildman–Crippen LogP) is 1.35. The van der Waals surface area contributed by atoms with Gasteiger partial charge in [-0.1, -0.05) is 6.92 Å². The van der Waals surface area contributed by atoms with Crippen molar-refractivity contribution in [1.82, 2.24) is 9.29 Å². The molecule has 20 heavy (non-hydrogen) atoms. The fraction of sp³-hybridized carbons (Fsp3) is 0.538. The Balaban J connectivity index is 2.49. The minimum atomic E-state index is -3.13. The number of pyridine rings is 1. The first-order valence-electron chi connectivity index (χ1n) is 6.44. The number of anilines is 1. The first-order chi connectivity index (χ1) is 9.36. The topological polar surface area (TPSA) is 86.1 Å². The second-order valence-electron chi connectivity index (χ2n) is 4.53. The maximum atomic E-state index is 11.4. The summed E-state index contributed by atoms with van der Waals surface area (Å²) >= 11 is 0. The minimum Gasteiger partial charge on any atom is -0.370 e. The van der Waals surface area contributed by atoms with Crippen LogP contribution in [0.3, 0.4) is 0 Å². The van der Waals surface area contributed by atoms with Crippen molar-refractivity contribution in [2.45, 2.75) is 20.3 Å². The SMILES string of the molecule is CCN(CCCNc1cc(C#N)cc(C)n1)S(C)(=O)=O. The van der Waals surface area contributed by atoms with Crippen LogP contribution in [0.1, 0.15) is 24.6 Å². The molecule has 0 saturated heterocycles. The molecular weight excluding hydrogens is 276 g/mol. The van der Waals surface area contributed by atoms with Crippen LogP contribution in [0, 0.1) is 18.3 Å². The second kappa shape index (κ2) is 7.22. The average molecular weight is 296 g/mol. The van der Waals surface area contributed by atoms with Crippen LogP contribution in [0.4, 0.5) is 5.82 Å². The fourth-order valence-corrected chi connectivity index (χ4v) is 2.78. The van der Waals surface area contributed by atoms with Crippen molar-refractivity contribution in [3.05, 3.63) is 23.4 Å². The van der Waals surface area contributed by atoms with Gasteiger partial charge < -0.3 is 5.32 Å². The van der Waals surface area contributed by atoms with E-state index in [4.69, 9.17) is 5.26 Å². The average Bonchev–Trinajstić information content (AvgIpc) is 2.36. The van der Waals surface area contributed by atoms with E-state index in [1.165, 1.54) is 10.6 Å². The zero-order chi connectivity index (χ0) is 15.2. The van der Waals surface area contributed by atoms with Crippen LogP contribution in [-0.4, -0.2) is 43.6 Å². The molecule has 110 valence electrons. The van der Waals surface area contributed by atoms with E-state index in [-0.39, 0.29) is 0 Å². The van der Waals surface area contributed by atoms with Crippen LogP contribution in [0.15, 0.2) is 12.1 Å². The summed E-state index contributed by atoms with van der Waals surface area (Å²) in [5.74, 6) is 0.643. The highest BCUT2D eigenvalue weighted by Gasteiger charge is 2.13. The summed E-state index contributed by atoms with van der Waals surface area (Å²) < 4.78 is 24.3. The van der Waals surface area contributed by atoms with Gasteiger partial charge in [-0.15, -0.1) is 0 Å². The molecule has 1 aromatic rings. The first-order valence-corrected chi connectivity index (χ1v) is 8.29. The third-order valence-corrected chi connectivity index (χ3v) is 4.17. The molecule has 0 saturated carbocycles. The molecule has 0 atom stereocenters. The van der Waals surface area contributed by atoms with Crippen molar-refractivity contribution in [3.63, 3.8) is 0 Å². The summed E-state index contributed by atoms with van der Waals surface area (Å²) in [5.41, 5.74) is 1.34. The van der Waals surface area contributed by atoms with Crippen molar-refractivity contribution in [1.29, 1.82) is 5.26 Å². The number of hydrogen-bond donors (Lipinski definition) is 1. The summed E-state index contributed by atoms with van der Waals surface area (Å²) in [6, 6.07) is 5.48. The number of nitrogens with zero attached hydrogens (tertiary/aromatic N) is 3. The van der Waals surface area contributed by atoms with Crippen molar-refractivity contribution in [3.8, 4) is 6.07 Å². The molecule has 1 heterocycles. The van der Waals surface area contributed by atoms with E-state index >= 15 is 0 Å². The van der Waals surface area contributed by atoms with E-state index in [0.29, 0.717) is 37.4 Å². The third kappa shape index (κ3) is 5.15. The van der Waals surface area contributed by atoms with Crippen LogP contribution < -0.4 is 5.32 Å². The number of nitrogens with one attached hydrogen (secondary N) is 1. The molecule has 7 heteroatoms. The quantitative estimate of drug-likeness (QED) is 0.767. The third-order valence-electron chi connectivity index (χ3n) is 2.79. The van der Waals surface area contributed by atoms with E-state index < -0.39 is 10.0 Å². The second-order valence-corrected chi connectivity index (χ2v) is 6.51. The summed E-state index contributed by atoms with van der Waals surface area (Å²) in [6.45, 7) is 5.19. The zero-order valence-electron chi connectivity index (χ0n) is 12.0. The van der Waals surface area contributed by atoms with Gasteiger partial charge in [0.15, 0.2) is 0 Å². The molecule has 1 N–H and O–H groups in total. The number of sulfonamides is 1. The van der Waals surface area contributed by atoms with Crippen molar-refractivity contribution in [2.24, 2.45) is 0 Å². The van der Waals surface area contributed by atoms with Gasteiger partial charge in [0, 0.05) is 25.3 Å². The molecule has 0 aliphatic carbocycles. The Labute approximate surface area is 120 Å². The van der Waals surface area contributed by atoms with Crippen molar-refractivity contribution >= 4 is 15.8 Å². The highest BCUT2D eigenvalue weighted by molar-refractivity contribution is 7.88. The minimum absolute atomic E-state index is 0.471. The van der Waals surface area contributed by atoms with Gasteiger partial charge in [0.2, 0.25) is 10.0 Å². The number of hydrogen-bond acceptors (Lipinski definition) is 5. The molecule has 0 radical (unpaired) electrons. The van der Waals surface area contributed by atoms with Crippen LogP contribution in [-0.2, 0) is 10.0 Å². The Morgan fingerprint density at radius 1 is 1.45 bits per heavy atom. The van der Waals surface area contributed by atoms with Gasteiger partial charge in [-0.05, 0) is 25.5 Å². The lowest BCUT2D eigenvalue weighted by molar-refractivity contribution is 0.428. The molecule has 0 aliphatic heterocycles. The molecule has 0 amide bonds. The fourth-order valence-electron chi connectivity index (χ4n) is 1.85. The van der Waals surface area contributed by atoms with E-state index in [2.05, 4.69) is 16.4 Å². The maximum absolute atomic E-state index is 11.4. The zero-order valence-corrected chi connectivity index (χ0v) is 12.9. The molecule has 6 nitrogen and oxygen atoms in total. The molecule has 1 rings (SSSR count).